The molecule has 2 aromatic heterocycles. The fourth-order valence-corrected chi connectivity index (χ4v) is 6.13. The van der Waals surface area contributed by atoms with Crippen molar-refractivity contribution in [2.45, 2.75) is 37.9 Å². The normalized spacial score (nSPS) is 13.8. The summed E-state index contributed by atoms with van der Waals surface area (Å²) < 4.78 is 12.1. The average Bonchev–Trinajstić information content (AvgIpc) is 3.14. The molecule has 0 unspecified atom stereocenters. The van der Waals surface area contributed by atoms with Crippen LogP contribution in [-0.2, 0) is 22.5 Å². The van der Waals surface area contributed by atoms with E-state index in [4.69, 9.17) is 14.5 Å². The zero-order valence-corrected chi connectivity index (χ0v) is 20.2. The number of nitrogens with zero attached hydrogens (tertiary/aromatic N) is 3. The van der Waals surface area contributed by atoms with Crippen LogP contribution in [-0.4, -0.2) is 53.5 Å². The molecule has 9 heteroatoms. The Morgan fingerprint density at radius 3 is 2.97 bits per heavy atom. The number of rotatable bonds is 8. The van der Waals surface area contributed by atoms with Gasteiger partial charge in [-0.05, 0) is 44.5 Å². The van der Waals surface area contributed by atoms with E-state index >= 15 is 0 Å². The Hall–Kier alpha value is -2.36. The molecule has 170 valence electrons. The Morgan fingerprint density at radius 2 is 2.19 bits per heavy atom. The van der Waals surface area contributed by atoms with Gasteiger partial charge in [0.2, 0.25) is 0 Å². The minimum atomic E-state index is -0.197. The van der Waals surface area contributed by atoms with Gasteiger partial charge in [0.05, 0.1) is 24.8 Å². The molecule has 0 saturated carbocycles. The number of benzene rings is 1. The number of ether oxygens (including phenoxy) is 2. The summed E-state index contributed by atoms with van der Waals surface area (Å²) in [7, 11) is 3.71. The van der Waals surface area contributed by atoms with E-state index in [0.29, 0.717) is 36.1 Å². The van der Waals surface area contributed by atoms with E-state index in [1.165, 1.54) is 16.6 Å². The molecule has 0 N–H and O–H groups in total. The van der Waals surface area contributed by atoms with Crippen LogP contribution in [0, 0.1) is 0 Å². The van der Waals surface area contributed by atoms with Gasteiger partial charge >= 0.3 is 5.97 Å². The van der Waals surface area contributed by atoms with E-state index in [9.17, 15) is 9.59 Å². The van der Waals surface area contributed by atoms with E-state index in [0.717, 1.165) is 41.0 Å². The van der Waals surface area contributed by atoms with Gasteiger partial charge in [0.25, 0.3) is 5.56 Å². The Labute approximate surface area is 195 Å². The number of methoxy groups -OCH3 is 1. The Balaban J connectivity index is 1.74. The van der Waals surface area contributed by atoms with Crippen LogP contribution in [0.2, 0.25) is 0 Å². The van der Waals surface area contributed by atoms with Crippen molar-refractivity contribution in [1.29, 1.82) is 0 Å². The summed E-state index contributed by atoms with van der Waals surface area (Å²) in [6, 6.07) is 7.48. The summed E-state index contributed by atoms with van der Waals surface area (Å²) in [6.45, 7) is 3.97. The summed E-state index contributed by atoms with van der Waals surface area (Å²) >= 11 is 3.11. The third-order valence-electron chi connectivity index (χ3n) is 5.41. The van der Waals surface area contributed by atoms with Gasteiger partial charge in [0.15, 0.2) is 5.16 Å². The molecule has 0 saturated heterocycles. The molecule has 4 rings (SSSR count). The molecule has 0 radical (unpaired) electrons. The fourth-order valence-electron chi connectivity index (χ4n) is 3.84. The molecule has 0 aliphatic carbocycles. The van der Waals surface area contributed by atoms with E-state index in [1.54, 1.807) is 29.9 Å². The summed E-state index contributed by atoms with van der Waals surface area (Å²) in [5.74, 6) is 1.15. The Morgan fingerprint density at radius 1 is 1.34 bits per heavy atom. The summed E-state index contributed by atoms with van der Waals surface area (Å²) in [5.41, 5.74) is 1.82. The molecule has 7 nitrogen and oxygen atoms in total. The monoisotopic (exact) mass is 473 g/mol. The van der Waals surface area contributed by atoms with Gasteiger partial charge in [-0.15, -0.1) is 11.3 Å². The van der Waals surface area contributed by atoms with Crippen molar-refractivity contribution < 1.29 is 14.3 Å². The van der Waals surface area contributed by atoms with E-state index in [2.05, 4.69) is 11.9 Å². The largest absolute Gasteiger partial charge is 0.497 e. The van der Waals surface area contributed by atoms with Gasteiger partial charge in [-0.3, -0.25) is 14.2 Å². The summed E-state index contributed by atoms with van der Waals surface area (Å²) in [6.07, 6.45) is 1.86. The Bertz CT molecular complexity index is 1190. The third kappa shape index (κ3) is 4.69. The van der Waals surface area contributed by atoms with Crippen LogP contribution in [0.3, 0.4) is 0 Å². The van der Waals surface area contributed by atoms with Crippen LogP contribution in [0.15, 0.2) is 34.2 Å². The van der Waals surface area contributed by atoms with Gasteiger partial charge in [-0.2, -0.15) is 0 Å². The number of aromatic nitrogens is 2. The lowest BCUT2D eigenvalue weighted by atomic mass is 10.1. The van der Waals surface area contributed by atoms with Crippen LogP contribution in [0.1, 0.15) is 30.2 Å². The first kappa shape index (κ1) is 22.8. The maximum absolute atomic E-state index is 13.8. The van der Waals surface area contributed by atoms with E-state index in [1.807, 2.05) is 24.3 Å². The van der Waals surface area contributed by atoms with Crippen molar-refractivity contribution in [2.24, 2.45) is 0 Å². The number of fused-ring (bicyclic) bond motifs is 3. The lowest BCUT2D eigenvalue weighted by molar-refractivity contribution is -0.143. The second kappa shape index (κ2) is 10.1. The van der Waals surface area contributed by atoms with Crippen molar-refractivity contribution in [3.8, 4) is 11.4 Å². The lowest BCUT2D eigenvalue weighted by Crippen LogP contribution is -2.27. The van der Waals surface area contributed by atoms with Gasteiger partial charge in [0.1, 0.15) is 10.6 Å². The summed E-state index contributed by atoms with van der Waals surface area (Å²) in [5, 5.41) is 1.36. The van der Waals surface area contributed by atoms with Gasteiger partial charge < -0.3 is 14.4 Å². The molecule has 3 heterocycles. The molecule has 0 spiro atoms. The maximum atomic E-state index is 13.8. The number of thiophene rings is 1. The van der Waals surface area contributed by atoms with Gasteiger partial charge in [-0.1, -0.05) is 17.8 Å². The minimum absolute atomic E-state index is 0.0433. The zero-order valence-electron chi connectivity index (χ0n) is 18.6. The van der Waals surface area contributed by atoms with Crippen molar-refractivity contribution in [2.75, 3.05) is 33.1 Å². The average molecular weight is 474 g/mol. The fraction of sp³-hybridized carbons (Fsp3) is 0.435. The predicted octanol–water partition coefficient (Wildman–Crippen LogP) is 3.88. The quantitative estimate of drug-likeness (QED) is 0.213. The van der Waals surface area contributed by atoms with Gasteiger partial charge in [0, 0.05) is 36.2 Å². The molecule has 0 bridgehead atoms. The highest BCUT2D eigenvalue weighted by Gasteiger charge is 2.24. The highest BCUT2D eigenvalue weighted by molar-refractivity contribution is 7.99. The first-order valence-electron chi connectivity index (χ1n) is 10.7. The molecule has 1 aliphatic heterocycles. The topological polar surface area (TPSA) is 73.7 Å². The van der Waals surface area contributed by atoms with Crippen LogP contribution in [0.5, 0.6) is 5.75 Å². The lowest BCUT2D eigenvalue weighted by Gasteiger charge is -2.21. The van der Waals surface area contributed by atoms with Crippen molar-refractivity contribution in [3.05, 3.63) is 45.1 Å². The minimum Gasteiger partial charge on any atom is -0.497 e. The SMILES string of the molecule is CCOC(=O)CCCSc1nc2sc3c(c2c(=O)n1-c1cccc(OC)c1)CCN(C)C3. The highest BCUT2D eigenvalue weighted by atomic mass is 32.2. The molecule has 0 amide bonds. The molecule has 3 aromatic rings. The van der Waals surface area contributed by atoms with Crippen LogP contribution in [0.25, 0.3) is 15.9 Å². The number of esters is 1. The second-order valence-electron chi connectivity index (χ2n) is 7.67. The molecular formula is C23H27N3O4S2. The van der Waals surface area contributed by atoms with Gasteiger partial charge in [-0.25, -0.2) is 4.98 Å². The van der Waals surface area contributed by atoms with E-state index in [-0.39, 0.29) is 11.5 Å². The second-order valence-corrected chi connectivity index (χ2v) is 9.81. The molecule has 0 fully saturated rings. The highest BCUT2D eigenvalue weighted by Crippen LogP contribution is 2.34. The van der Waals surface area contributed by atoms with Crippen molar-refractivity contribution in [3.63, 3.8) is 0 Å². The van der Waals surface area contributed by atoms with Crippen LogP contribution in [0.4, 0.5) is 0 Å². The maximum Gasteiger partial charge on any atom is 0.305 e. The number of likely N-dealkylation sites (N-methyl/N-ethyl adjacent to an activating group) is 1. The van der Waals surface area contributed by atoms with Crippen molar-refractivity contribution in [1.82, 2.24) is 14.5 Å². The molecule has 0 atom stereocenters. The molecule has 1 aliphatic rings. The number of hydrogen-bond donors (Lipinski definition) is 0. The summed E-state index contributed by atoms with van der Waals surface area (Å²) in [4.78, 5) is 34.6. The smallest absolute Gasteiger partial charge is 0.305 e. The molecular weight excluding hydrogens is 446 g/mol. The number of thioether (sulfide) groups is 1. The molecule has 32 heavy (non-hydrogen) atoms. The zero-order chi connectivity index (χ0) is 22.7. The predicted molar refractivity (Wildman–Crippen MR) is 128 cm³/mol. The molecule has 1 aromatic carbocycles. The van der Waals surface area contributed by atoms with Crippen LogP contribution >= 0.6 is 23.1 Å². The Kier molecular flexibility index (Phi) is 7.17. The van der Waals surface area contributed by atoms with Crippen LogP contribution < -0.4 is 10.3 Å². The van der Waals surface area contributed by atoms with E-state index < -0.39 is 0 Å². The first-order chi connectivity index (χ1) is 15.5. The van der Waals surface area contributed by atoms with Crippen molar-refractivity contribution >= 4 is 39.3 Å². The number of hydrogen-bond acceptors (Lipinski definition) is 8. The number of carbonyl (C=O) groups excluding carboxylic acids is 1. The standard InChI is InChI=1S/C23H27N3O4S2/c1-4-30-19(27)9-6-12-31-23-24-21-20(17-10-11-25(2)14-18(17)32-21)22(28)26(23)15-7-5-8-16(13-15)29-3/h5,7-8,13H,4,6,9-12,14H2,1-3H3. The first-order valence-corrected chi connectivity index (χ1v) is 12.5. The number of carbonyl (C=O) groups is 1. The third-order valence-corrected chi connectivity index (χ3v) is 7.54.